The highest BCUT2D eigenvalue weighted by atomic mass is 35.5. The van der Waals surface area contributed by atoms with E-state index in [0.717, 1.165) is 30.9 Å². The molecule has 7 nitrogen and oxygen atoms in total. The number of nitrogens with zero attached hydrogens (tertiary/aromatic N) is 5. The number of nitro benzene ring substituents is 1. The second-order valence-electron chi connectivity index (χ2n) is 5.08. The van der Waals surface area contributed by atoms with Crippen LogP contribution in [0.5, 0.6) is 0 Å². The number of non-ortho nitro benzene ring substituents is 1. The minimum Gasteiger partial charge on any atom is -0.372 e. The SMILES string of the molecule is CCN(CC)c1ccc(N=Nc2c(Cl)cc([N+](=O)[O-])cc2C#N)cc1. The standard InChI is InChI=1S/C17H16ClN5O2/c1-3-22(4-2)14-7-5-13(6-8-14)20-21-17-12(11-19)9-15(23(24)25)10-16(17)18/h5-10H,3-4H2,1-2H3. The molecule has 0 heterocycles. The van der Waals surface area contributed by atoms with E-state index < -0.39 is 4.92 Å². The Morgan fingerprint density at radius 3 is 2.36 bits per heavy atom. The summed E-state index contributed by atoms with van der Waals surface area (Å²) in [5, 5.41) is 28.1. The van der Waals surface area contributed by atoms with Crippen LogP contribution < -0.4 is 4.90 Å². The third-order valence-electron chi connectivity index (χ3n) is 3.62. The first-order chi connectivity index (χ1) is 12.0. The Morgan fingerprint density at radius 2 is 1.84 bits per heavy atom. The number of nitro groups is 1. The molecule has 0 aliphatic rings. The van der Waals surface area contributed by atoms with Crippen molar-refractivity contribution in [1.29, 1.82) is 5.26 Å². The molecule has 128 valence electrons. The summed E-state index contributed by atoms with van der Waals surface area (Å²) < 4.78 is 0. The van der Waals surface area contributed by atoms with E-state index in [-0.39, 0.29) is 22.0 Å². The Labute approximate surface area is 150 Å². The molecule has 0 aliphatic carbocycles. The maximum Gasteiger partial charge on any atom is 0.272 e. The molecule has 2 rings (SSSR count). The number of hydrogen-bond donors (Lipinski definition) is 0. The van der Waals surface area contributed by atoms with Gasteiger partial charge in [-0.3, -0.25) is 10.1 Å². The van der Waals surface area contributed by atoms with Crippen LogP contribution >= 0.6 is 11.6 Å². The molecule has 0 spiro atoms. The lowest BCUT2D eigenvalue weighted by Gasteiger charge is -2.20. The van der Waals surface area contributed by atoms with Crippen LogP contribution in [0.15, 0.2) is 46.6 Å². The lowest BCUT2D eigenvalue weighted by molar-refractivity contribution is -0.384. The third kappa shape index (κ3) is 4.31. The van der Waals surface area contributed by atoms with Gasteiger partial charge >= 0.3 is 0 Å². The number of anilines is 1. The monoisotopic (exact) mass is 357 g/mol. The van der Waals surface area contributed by atoms with E-state index in [1.807, 2.05) is 30.3 Å². The second kappa shape index (κ2) is 8.22. The molecule has 0 aromatic heterocycles. The molecule has 0 bridgehead atoms. The van der Waals surface area contributed by atoms with Gasteiger partial charge in [0.15, 0.2) is 0 Å². The van der Waals surface area contributed by atoms with Crippen LogP contribution in [0.2, 0.25) is 5.02 Å². The van der Waals surface area contributed by atoms with Crippen LogP contribution in [0.4, 0.5) is 22.7 Å². The number of hydrogen-bond acceptors (Lipinski definition) is 6. The van der Waals surface area contributed by atoms with E-state index in [2.05, 4.69) is 29.0 Å². The number of rotatable bonds is 6. The van der Waals surface area contributed by atoms with Gasteiger partial charge in [0.25, 0.3) is 5.69 Å². The summed E-state index contributed by atoms with van der Waals surface area (Å²) >= 11 is 6.01. The van der Waals surface area contributed by atoms with Crippen molar-refractivity contribution in [2.75, 3.05) is 18.0 Å². The Balaban J connectivity index is 2.30. The Bertz CT molecular complexity index is 839. The van der Waals surface area contributed by atoms with Crippen molar-refractivity contribution in [3.8, 4) is 6.07 Å². The molecule has 2 aromatic carbocycles. The van der Waals surface area contributed by atoms with Crippen LogP contribution in [-0.2, 0) is 0 Å². The van der Waals surface area contributed by atoms with Gasteiger partial charge in [0, 0.05) is 30.9 Å². The molecule has 0 saturated heterocycles. The largest absolute Gasteiger partial charge is 0.372 e. The lowest BCUT2D eigenvalue weighted by Crippen LogP contribution is -2.21. The summed E-state index contributed by atoms with van der Waals surface area (Å²) in [6, 6.07) is 11.6. The van der Waals surface area contributed by atoms with Crippen LogP contribution in [0.25, 0.3) is 0 Å². The van der Waals surface area contributed by atoms with Gasteiger partial charge < -0.3 is 4.90 Å². The maximum atomic E-state index is 10.8. The summed E-state index contributed by atoms with van der Waals surface area (Å²) in [7, 11) is 0. The highest BCUT2D eigenvalue weighted by Gasteiger charge is 2.15. The molecule has 0 unspecified atom stereocenters. The van der Waals surface area contributed by atoms with Gasteiger partial charge in [-0.15, -0.1) is 5.11 Å². The van der Waals surface area contributed by atoms with Crippen LogP contribution in [-0.4, -0.2) is 18.0 Å². The molecule has 0 saturated carbocycles. The summed E-state index contributed by atoms with van der Waals surface area (Å²) in [6.45, 7) is 5.97. The molecular weight excluding hydrogens is 342 g/mol. The fraction of sp³-hybridized carbons (Fsp3) is 0.235. The average molecular weight is 358 g/mol. The van der Waals surface area contributed by atoms with Gasteiger partial charge in [-0.25, -0.2) is 0 Å². The zero-order chi connectivity index (χ0) is 18.4. The van der Waals surface area contributed by atoms with E-state index in [9.17, 15) is 10.1 Å². The van der Waals surface area contributed by atoms with Crippen LogP contribution in [0, 0.1) is 21.4 Å². The normalized spacial score (nSPS) is 10.6. The molecule has 0 fully saturated rings. The summed E-state index contributed by atoms with van der Waals surface area (Å²) in [5.41, 5.74) is 1.53. The Kier molecular flexibility index (Phi) is 6.03. The van der Waals surface area contributed by atoms with Gasteiger partial charge in [0.1, 0.15) is 11.8 Å². The van der Waals surface area contributed by atoms with E-state index in [4.69, 9.17) is 16.9 Å². The van der Waals surface area contributed by atoms with Crippen molar-refractivity contribution in [2.24, 2.45) is 10.2 Å². The quantitative estimate of drug-likeness (QED) is 0.393. The molecule has 0 amide bonds. The first kappa shape index (κ1) is 18.4. The topological polar surface area (TPSA) is 94.9 Å². The highest BCUT2D eigenvalue weighted by molar-refractivity contribution is 6.33. The van der Waals surface area contributed by atoms with Gasteiger partial charge in [-0.1, -0.05) is 11.6 Å². The molecule has 2 aromatic rings. The number of halogens is 1. The zero-order valence-corrected chi connectivity index (χ0v) is 14.6. The number of azo groups is 1. The Morgan fingerprint density at radius 1 is 1.20 bits per heavy atom. The Hall–Kier alpha value is -2.98. The zero-order valence-electron chi connectivity index (χ0n) is 13.8. The molecule has 0 atom stereocenters. The fourth-order valence-corrected chi connectivity index (χ4v) is 2.56. The summed E-state index contributed by atoms with van der Waals surface area (Å²) in [4.78, 5) is 12.4. The van der Waals surface area contributed by atoms with Crippen LogP contribution in [0.3, 0.4) is 0 Å². The van der Waals surface area contributed by atoms with E-state index >= 15 is 0 Å². The van der Waals surface area contributed by atoms with Crippen molar-refractivity contribution in [1.82, 2.24) is 0 Å². The minimum atomic E-state index is -0.612. The van der Waals surface area contributed by atoms with E-state index in [0.29, 0.717) is 5.69 Å². The van der Waals surface area contributed by atoms with E-state index in [1.54, 1.807) is 0 Å². The predicted molar refractivity (Wildman–Crippen MR) is 97.0 cm³/mol. The van der Waals surface area contributed by atoms with Gasteiger partial charge in [-0.05, 0) is 38.1 Å². The molecule has 0 radical (unpaired) electrons. The summed E-state index contributed by atoms with van der Waals surface area (Å²) in [5.74, 6) is 0. The van der Waals surface area contributed by atoms with Crippen molar-refractivity contribution in [2.45, 2.75) is 13.8 Å². The second-order valence-corrected chi connectivity index (χ2v) is 5.49. The van der Waals surface area contributed by atoms with Crippen molar-refractivity contribution < 1.29 is 4.92 Å². The number of nitriles is 1. The van der Waals surface area contributed by atoms with E-state index in [1.165, 1.54) is 0 Å². The minimum absolute atomic E-state index is 0.00251. The molecule has 8 heteroatoms. The van der Waals surface area contributed by atoms with Crippen LogP contribution in [0.1, 0.15) is 19.4 Å². The van der Waals surface area contributed by atoms with Crippen molar-refractivity contribution >= 4 is 34.4 Å². The number of benzene rings is 2. The smallest absolute Gasteiger partial charge is 0.272 e. The first-order valence-corrected chi connectivity index (χ1v) is 8.02. The van der Waals surface area contributed by atoms with Gasteiger partial charge in [-0.2, -0.15) is 10.4 Å². The average Bonchev–Trinajstić information content (AvgIpc) is 2.62. The predicted octanol–water partition coefficient (Wildman–Crippen LogP) is 5.38. The lowest BCUT2D eigenvalue weighted by atomic mass is 10.2. The summed E-state index contributed by atoms with van der Waals surface area (Å²) in [6.07, 6.45) is 0. The van der Waals surface area contributed by atoms with Crippen molar-refractivity contribution in [3.63, 3.8) is 0 Å². The van der Waals surface area contributed by atoms with Crippen molar-refractivity contribution in [3.05, 3.63) is 57.1 Å². The first-order valence-electron chi connectivity index (χ1n) is 7.64. The third-order valence-corrected chi connectivity index (χ3v) is 3.91. The molecule has 0 aliphatic heterocycles. The highest BCUT2D eigenvalue weighted by Crippen LogP contribution is 2.34. The molecule has 25 heavy (non-hydrogen) atoms. The molecular formula is C17H16ClN5O2. The fourth-order valence-electron chi connectivity index (χ4n) is 2.30. The maximum absolute atomic E-state index is 10.8. The van der Waals surface area contributed by atoms with Gasteiger partial charge in [0.05, 0.1) is 21.2 Å². The molecule has 0 N–H and O–H groups in total. The van der Waals surface area contributed by atoms with Gasteiger partial charge in [0.2, 0.25) is 0 Å².